The van der Waals surface area contributed by atoms with Gasteiger partial charge in [-0.25, -0.2) is 4.98 Å². The molecule has 1 heterocycles. The second kappa shape index (κ2) is 6.48. The van der Waals surface area contributed by atoms with Gasteiger partial charge >= 0.3 is 0 Å². The van der Waals surface area contributed by atoms with Crippen LogP contribution in [0.25, 0.3) is 22.3 Å². The highest BCUT2D eigenvalue weighted by Crippen LogP contribution is 2.26. The maximum Gasteiger partial charge on any atom is 0.259 e. The van der Waals surface area contributed by atoms with E-state index < -0.39 is 0 Å². The monoisotopic (exact) mass is 342 g/mol. The number of fused-ring (bicyclic) bond motifs is 1. The molecule has 4 nitrogen and oxygen atoms in total. The fourth-order valence-corrected chi connectivity index (χ4v) is 2.82. The molecule has 3 aromatic carbocycles. The molecule has 128 valence electrons. The minimum absolute atomic E-state index is 0.138. The number of aromatic amines is 1. The van der Waals surface area contributed by atoms with Gasteiger partial charge in [0.25, 0.3) is 5.56 Å². The minimum atomic E-state index is -0.138. The largest absolute Gasteiger partial charge is 0.457 e. The highest BCUT2D eigenvalue weighted by atomic mass is 16.5. The highest BCUT2D eigenvalue weighted by molar-refractivity contribution is 5.79. The van der Waals surface area contributed by atoms with E-state index in [1.165, 1.54) is 11.1 Å². The van der Waals surface area contributed by atoms with Gasteiger partial charge in [0.15, 0.2) is 0 Å². The molecule has 0 unspecified atom stereocenters. The average molecular weight is 342 g/mol. The topological polar surface area (TPSA) is 55.0 Å². The van der Waals surface area contributed by atoms with E-state index in [0.717, 1.165) is 17.1 Å². The van der Waals surface area contributed by atoms with Crippen molar-refractivity contribution in [1.82, 2.24) is 9.97 Å². The van der Waals surface area contributed by atoms with Crippen LogP contribution in [0.2, 0.25) is 0 Å². The number of hydrogen-bond donors (Lipinski definition) is 1. The third kappa shape index (κ3) is 3.09. The van der Waals surface area contributed by atoms with E-state index in [2.05, 4.69) is 23.8 Å². The summed E-state index contributed by atoms with van der Waals surface area (Å²) in [6, 6.07) is 20.9. The number of ether oxygens (including phenoxy) is 1. The molecular formula is C22H18N2O2. The number of rotatable bonds is 3. The van der Waals surface area contributed by atoms with Crippen molar-refractivity contribution < 1.29 is 4.74 Å². The Labute approximate surface area is 151 Å². The van der Waals surface area contributed by atoms with E-state index in [1.807, 2.05) is 60.7 Å². The maximum atomic E-state index is 12.2. The van der Waals surface area contributed by atoms with Crippen molar-refractivity contribution in [2.45, 2.75) is 13.8 Å². The van der Waals surface area contributed by atoms with Crippen molar-refractivity contribution in [1.29, 1.82) is 0 Å². The number of aromatic nitrogens is 2. The molecule has 0 aliphatic heterocycles. The predicted molar refractivity (Wildman–Crippen MR) is 104 cm³/mol. The summed E-state index contributed by atoms with van der Waals surface area (Å²) in [6.07, 6.45) is 0. The van der Waals surface area contributed by atoms with Crippen LogP contribution in [0.3, 0.4) is 0 Å². The summed E-state index contributed by atoms with van der Waals surface area (Å²) >= 11 is 0. The molecule has 4 heteroatoms. The first kappa shape index (κ1) is 16.1. The van der Waals surface area contributed by atoms with Gasteiger partial charge in [0.2, 0.25) is 0 Å². The first-order valence-corrected chi connectivity index (χ1v) is 8.45. The summed E-state index contributed by atoms with van der Waals surface area (Å²) in [5, 5.41) is 0.589. The molecule has 4 rings (SSSR count). The summed E-state index contributed by atoms with van der Waals surface area (Å²) in [7, 11) is 0. The summed E-state index contributed by atoms with van der Waals surface area (Å²) < 4.78 is 5.91. The third-order valence-corrected chi connectivity index (χ3v) is 4.45. The van der Waals surface area contributed by atoms with Crippen LogP contribution < -0.4 is 10.3 Å². The maximum absolute atomic E-state index is 12.2. The van der Waals surface area contributed by atoms with E-state index in [1.54, 1.807) is 6.07 Å². The van der Waals surface area contributed by atoms with Crippen molar-refractivity contribution >= 4 is 10.9 Å². The summed E-state index contributed by atoms with van der Waals surface area (Å²) in [6.45, 7) is 4.14. The average Bonchev–Trinajstić information content (AvgIpc) is 2.65. The Hall–Kier alpha value is -3.40. The van der Waals surface area contributed by atoms with Crippen molar-refractivity contribution in [2.24, 2.45) is 0 Å². The van der Waals surface area contributed by atoms with Gasteiger partial charge in [-0.2, -0.15) is 0 Å². The van der Waals surface area contributed by atoms with Gasteiger partial charge in [0.1, 0.15) is 17.3 Å². The van der Waals surface area contributed by atoms with Crippen LogP contribution in [0.15, 0.2) is 71.5 Å². The van der Waals surface area contributed by atoms with Crippen LogP contribution in [0.5, 0.6) is 11.5 Å². The summed E-state index contributed by atoms with van der Waals surface area (Å²) in [5.74, 6) is 2.09. The molecule has 0 amide bonds. The molecule has 0 aliphatic carbocycles. The molecule has 1 aromatic heterocycles. The molecule has 0 aliphatic rings. The lowest BCUT2D eigenvalue weighted by molar-refractivity contribution is 0.482. The van der Waals surface area contributed by atoms with Gasteiger partial charge in [0.05, 0.1) is 10.9 Å². The van der Waals surface area contributed by atoms with E-state index in [0.29, 0.717) is 16.7 Å². The lowest BCUT2D eigenvalue weighted by atomic mass is 10.1. The fraction of sp³-hybridized carbons (Fsp3) is 0.0909. The zero-order valence-corrected chi connectivity index (χ0v) is 14.6. The number of benzene rings is 3. The van der Waals surface area contributed by atoms with E-state index in [4.69, 9.17) is 4.74 Å². The van der Waals surface area contributed by atoms with Gasteiger partial charge in [-0.05, 0) is 73.5 Å². The predicted octanol–water partition coefficient (Wildman–Crippen LogP) is 5.00. The Morgan fingerprint density at radius 2 is 1.58 bits per heavy atom. The standard InChI is InChI=1S/C22H18N2O2/c1-14-7-10-18(13-15(14)2)26-17-11-8-16(9-12-17)21-23-20-6-4-3-5-19(20)22(25)24-21/h3-13H,1-2H3,(H,23,24,25). The van der Waals surface area contributed by atoms with Crippen LogP contribution in [-0.4, -0.2) is 9.97 Å². The van der Waals surface area contributed by atoms with Gasteiger partial charge in [-0.15, -0.1) is 0 Å². The molecule has 1 N–H and O–H groups in total. The number of hydrogen-bond acceptors (Lipinski definition) is 3. The summed E-state index contributed by atoms with van der Waals surface area (Å²) in [5.41, 5.74) is 3.80. The second-order valence-electron chi connectivity index (χ2n) is 6.30. The van der Waals surface area contributed by atoms with Gasteiger partial charge in [-0.1, -0.05) is 18.2 Å². The smallest absolute Gasteiger partial charge is 0.259 e. The SMILES string of the molecule is Cc1ccc(Oc2ccc(-c3nc4ccccc4c(=O)[nH]3)cc2)cc1C. The first-order chi connectivity index (χ1) is 12.6. The van der Waals surface area contributed by atoms with Crippen molar-refractivity contribution in [2.75, 3.05) is 0 Å². The van der Waals surface area contributed by atoms with Crippen LogP contribution in [0, 0.1) is 13.8 Å². The molecule has 0 radical (unpaired) electrons. The number of aryl methyl sites for hydroxylation is 2. The Balaban J connectivity index is 1.63. The van der Waals surface area contributed by atoms with Crippen LogP contribution in [-0.2, 0) is 0 Å². The Kier molecular flexibility index (Phi) is 4.01. The molecule has 4 aromatic rings. The number of para-hydroxylation sites is 1. The number of H-pyrrole nitrogens is 1. The van der Waals surface area contributed by atoms with Gasteiger partial charge < -0.3 is 9.72 Å². The van der Waals surface area contributed by atoms with Crippen molar-refractivity contribution in [3.05, 3.63) is 88.2 Å². The van der Waals surface area contributed by atoms with Gasteiger partial charge in [0, 0.05) is 5.56 Å². The van der Waals surface area contributed by atoms with Crippen molar-refractivity contribution in [3.63, 3.8) is 0 Å². The summed E-state index contributed by atoms with van der Waals surface area (Å²) in [4.78, 5) is 19.6. The normalized spacial score (nSPS) is 10.8. The highest BCUT2D eigenvalue weighted by Gasteiger charge is 2.06. The Morgan fingerprint density at radius 3 is 2.35 bits per heavy atom. The molecule has 0 spiro atoms. The molecule has 0 saturated carbocycles. The lowest BCUT2D eigenvalue weighted by Crippen LogP contribution is -2.09. The van der Waals surface area contributed by atoms with E-state index in [-0.39, 0.29) is 5.56 Å². The number of nitrogens with zero attached hydrogens (tertiary/aromatic N) is 1. The van der Waals surface area contributed by atoms with E-state index >= 15 is 0 Å². The van der Waals surface area contributed by atoms with Gasteiger partial charge in [-0.3, -0.25) is 4.79 Å². The van der Waals surface area contributed by atoms with E-state index in [9.17, 15) is 4.79 Å². The zero-order chi connectivity index (χ0) is 18.1. The van der Waals surface area contributed by atoms with Crippen LogP contribution in [0.1, 0.15) is 11.1 Å². The first-order valence-electron chi connectivity index (χ1n) is 8.45. The second-order valence-corrected chi connectivity index (χ2v) is 6.30. The molecular weight excluding hydrogens is 324 g/mol. The quantitative estimate of drug-likeness (QED) is 0.570. The molecule has 0 atom stereocenters. The lowest BCUT2D eigenvalue weighted by Gasteiger charge is -2.09. The van der Waals surface area contributed by atoms with Crippen molar-refractivity contribution in [3.8, 4) is 22.9 Å². The number of nitrogens with one attached hydrogen (secondary N) is 1. The fourth-order valence-electron chi connectivity index (χ4n) is 2.82. The third-order valence-electron chi connectivity index (χ3n) is 4.45. The molecule has 0 bridgehead atoms. The Bertz CT molecular complexity index is 1140. The zero-order valence-electron chi connectivity index (χ0n) is 14.6. The van der Waals surface area contributed by atoms with Crippen LogP contribution >= 0.6 is 0 Å². The van der Waals surface area contributed by atoms with Crippen LogP contribution in [0.4, 0.5) is 0 Å². The Morgan fingerprint density at radius 1 is 0.846 bits per heavy atom. The molecule has 0 saturated heterocycles. The minimum Gasteiger partial charge on any atom is -0.457 e. The molecule has 0 fully saturated rings. The molecule has 26 heavy (non-hydrogen) atoms.